The molecule has 1 aromatic heterocycles. The van der Waals surface area contributed by atoms with Crippen molar-refractivity contribution in [1.29, 1.82) is 0 Å². The molecule has 0 bridgehead atoms. The van der Waals surface area contributed by atoms with E-state index in [1.54, 1.807) is 6.07 Å². The summed E-state index contributed by atoms with van der Waals surface area (Å²) < 4.78 is 14.3. The summed E-state index contributed by atoms with van der Waals surface area (Å²) in [7, 11) is 0. The Morgan fingerprint density at radius 3 is 2.09 bits per heavy atom. The molecule has 23 heavy (non-hydrogen) atoms. The fourth-order valence-electron chi connectivity index (χ4n) is 3.30. The minimum absolute atomic E-state index is 0.229. The van der Waals surface area contributed by atoms with Crippen LogP contribution >= 0.6 is 0 Å². The standard InChI is InChI=1S/C18H27FN4/c1-11-9-13(14(19)20-10-11)15-21-12(2)22-18(23-15,16(3,4)5)17(6,7)8/h9-10H,1-8H3,(H,21,22,23). The maximum absolute atomic E-state index is 14.3. The number of nitrogens with one attached hydrogen (secondary N) is 1. The molecule has 1 aliphatic rings. The number of pyridine rings is 1. The number of aryl methyl sites for hydroxylation is 1. The summed E-state index contributed by atoms with van der Waals surface area (Å²) >= 11 is 0. The first-order chi connectivity index (χ1) is 10.4. The van der Waals surface area contributed by atoms with Gasteiger partial charge in [-0.25, -0.2) is 15.0 Å². The molecule has 0 aliphatic carbocycles. The van der Waals surface area contributed by atoms with Crippen LogP contribution in [0.3, 0.4) is 0 Å². The Balaban J connectivity index is 2.72. The lowest BCUT2D eigenvalue weighted by Crippen LogP contribution is -2.55. The zero-order chi connectivity index (χ0) is 17.6. The number of rotatable bonds is 1. The molecule has 5 heteroatoms. The minimum atomic E-state index is -0.694. The molecule has 0 amide bonds. The molecule has 1 N–H and O–H groups in total. The molecule has 2 rings (SSSR count). The average Bonchev–Trinajstić information content (AvgIpc) is 2.38. The summed E-state index contributed by atoms with van der Waals surface area (Å²) in [5.74, 6) is 0.713. The average molecular weight is 318 g/mol. The minimum Gasteiger partial charge on any atom is -0.329 e. The van der Waals surface area contributed by atoms with Gasteiger partial charge in [-0.05, 0) is 25.5 Å². The van der Waals surface area contributed by atoms with E-state index in [9.17, 15) is 4.39 Å². The molecule has 0 aromatic carbocycles. The van der Waals surface area contributed by atoms with E-state index in [-0.39, 0.29) is 10.8 Å². The fraction of sp³-hybridized carbons (Fsp3) is 0.611. The summed E-state index contributed by atoms with van der Waals surface area (Å²) in [6.07, 6.45) is 1.52. The number of hydrogen-bond acceptors (Lipinski definition) is 4. The molecule has 0 saturated heterocycles. The third kappa shape index (κ3) is 3.01. The maximum atomic E-state index is 14.3. The summed E-state index contributed by atoms with van der Waals surface area (Å²) in [5.41, 5.74) is 0.127. The lowest BCUT2D eigenvalue weighted by atomic mass is 9.66. The first-order valence-corrected chi connectivity index (χ1v) is 7.93. The highest BCUT2D eigenvalue weighted by Crippen LogP contribution is 2.49. The van der Waals surface area contributed by atoms with Crippen LogP contribution in [0.2, 0.25) is 0 Å². The lowest BCUT2D eigenvalue weighted by Gasteiger charge is -2.49. The number of nitrogens with zero attached hydrogens (tertiary/aromatic N) is 3. The molecule has 2 heterocycles. The van der Waals surface area contributed by atoms with Crippen LogP contribution in [-0.4, -0.2) is 22.3 Å². The molecule has 0 atom stereocenters. The number of amidine groups is 2. The molecule has 126 valence electrons. The third-order valence-electron chi connectivity index (χ3n) is 4.22. The van der Waals surface area contributed by atoms with E-state index in [1.807, 2.05) is 13.8 Å². The fourth-order valence-corrected chi connectivity index (χ4v) is 3.30. The van der Waals surface area contributed by atoms with Crippen LogP contribution in [0.25, 0.3) is 0 Å². The molecular formula is C18H27FN4. The molecule has 1 aromatic rings. The van der Waals surface area contributed by atoms with Crippen molar-refractivity contribution in [3.63, 3.8) is 0 Å². The predicted molar refractivity (Wildman–Crippen MR) is 93.4 cm³/mol. The van der Waals surface area contributed by atoms with E-state index >= 15 is 0 Å². The van der Waals surface area contributed by atoms with Gasteiger partial charge < -0.3 is 5.32 Å². The van der Waals surface area contributed by atoms with Crippen molar-refractivity contribution < 1.29 is 4.39 Å². The van der Waals surface area contributed by atoms with Crippen molar-refractivity contribution in [2.45, 2.75) is 61.1 Å². The van der Waals surface area contributed by atoms with Gasteiger partial charge in [-0.1, -0.05) is 41.5 Å². The Morgan fingerprint density at radius 1 is 1.00 bits per heavy atom. The van der Waals surface area contributed by atoms with Crippen molar-refractivity contribution in [2.75, 3.05) is 0 Å². The molecule has 0 radical (unpaired) electrons. The quantitative estimate of drug-likeness (QED) is 0.793. The van der Waals surface area contributed by atoms with Crippen LogP contribution in [0.15, 0.2) is 22.2 Å². The van der Waals surface area contributed by atoms with Gasteiger partial charge in [0.25, 0.3) is 0 Å². The van der Waals surface area contributed by atoms with Gasteiger partial charge >= 0.3 is 0 Å². The van der Waals surface area contributed by atoms with Crippen LogP contribution in [0, 0.1) is 23.7 Å². The van der Waals surface area contributed by atoms with Crippen LogP contribution in [0.5, 0.6) is 0 Å². The molecule has 0 saturated carbocycles. The van der Waals surface area contributed by atoms with E-state index in [4.69, 9.17) is 9.98 Å². The van der Waals surface area contributed by atoms with Gasteiger partial charge in [0, 0.05) is 17.0 Å². The highest BCUT2D eigenvalue weighted by atomic mass is 19.1. The van der Waals surface area contributed by atoms with Crippen LogP contribution in [0.4, 0.5) is 4.39 Å². The topological polar surface area (TPSA) is 49.6 Å². The van der Waals surface area contributed by atoms with Gasteiger partial charge in [-0.2, -0.15) is 4.39 Å². The zero-order valence-corrected chi connectivity index (χ0v) is 15.4. The van der Waals surface area contributed by atoms with Gasteiger partial charge in [-0.3, -0.25) is 0 Å². The van der Waals surface area contributed by atoms with Gasteiger partial charge in [0.2, 0.25) is 5.95 Å². The Morgan fingerprint density at radius 2 is 1.57 bits per heavy atom. The van der Waals surface area contributed by atoms with Crippen LogP contribution in [-0.2, 0) is 0 Å². The summed E-state index contributed by atoms with van der Waals surface area (Å²) in [6.45, 7) is 16.5. The highest BCUT2D eigenvalue weighted by molar-refractivity contribution is 6.10. The first-order valence-electron chi connectivity index (χ1n) is 7.93. The zero-order valence-electron chi connectivity index (χ0n) is 15.4. The Kier molecular flexibility index (Phi) is 4.12. The molecule has 0 spiro atoms. The second kappa shape index (κ2) is 5.39. The van der Waals surface area contributed by atoms with Crippen molar-refractivity contribution in [3.8, 4) is 0 Å². The van der Waals surface area contributed by atoms with E-state index < -0.39 is 11.6 Å². The van der Waals surface area contributed by atoms with Gasteiger partial charge in [0.15, 0.2) is 5.66 Å². The van der Waals surface area contributed by atoms with Crippen LogP contribution in [0.1, 0.15) is 59.6 Å². The largest absolute Gasteiger partial charge is 0.329 e. The summed E-state index contributed by atoms with van der Waals surface area (Å²) in [6, 6.07) is 1.77. The first kappa shape index (κ1) is 17.6. The molecular weight excluding hydrogens is 291 g/mol. The molecule has 0 fully saturated rings. The number of aromatic nitrogens is 1. The van der Waals surface area contributed by atoms with Gasteiger partial charge in [0.05, 0.1) is 5.56 Å². The van der Waals surface area contributed by atoms with Crippen LogP contribution < -0.4 is 5.32 Å². The Labute approximate surface area is 138 Å². The monoisotopic (exact) mass is 318 g/mol. The van der Waals surface area contributed by atoms with Gasteiger partial charge in [-0.15, -0.1) is 0 Å². The normalized spacial score (nSPS) is 18.1. The van der Waals surface area contributed by atoms with Gasteiger partial charge in [0.1, 0.15) is 11.7 Å². The van der Waals surface area contributed by atoms with E-state index in [2.05, 4.69) is 51.8 Å². The summed E-state index contributed by atoms with van der Waals surface area (Å²) in [5, 5.41) is 3.12. The predicted octanol–water partition coefficient (Wildman–Crippen LogP) is 4.09. The SMILES string of the molecule is CC1=NC(C(C)(C)C)(C(C)(C)C)N=C(c2cc(C)cnc2F)N1. The smallest absolute Gasteiger partial charge is 0.223 e. The maximum Gasteiger partial charge on any atom is 0.223 e. The van der Waals surface area contributed by atoms with E-state index in [1.165, 1.54) is 6.20 Å². The Bertz CT molecular complexity index is 661. The van der Waals surface area contributed by atoms with Crippen molar-refractivity contribution >= 4 is 11.7 Å². The molecule has 0 unspecified atom stereocenters. The highest BCUT2D eigenvalue weighted by Gasteiger charge is 2.52. The second-order valence-corrected chi connectivity index (χ2v) is 8.31. The Hall–Kier alpha value is -1.78. The number of hydrogen-bond donors (Lipinski definition) is 1. The third-order valence-corrected chi connectivity index (χ3v) is 4.22. The number of aliphatic imine (C=N–C) groups is 2. The molecule has 4 nitrogen and oxygen atoms in total. The van der Waals surface area contributed by atoms with Crippen molar-refractivity contribution in [3.05, 3.63) is 29.3 Å². The van der Waals surface area contributed by atoms with Crippen molar-refractivity contribution in [2.24, 2.45) is 20.8 Å². The summed E-state index contributed by atoms with van der Waals surface area (Å²) in [4.78, 5) is 13.6. The number of halogens is 1. The van der Waals surface area contributed by atoms with Crippen molar-refractivity contribution in [1.82, 2.24) is 10.3 Å². The lowest BCUT2D eigenvalue weighted by molar-refractivity contribution is 0.0689. The second-order valence-electron chi connectivity index (χ2n) is 8.31. The van der Waals surface area contributed by atoms with E-state index in [0.717, 1.165) is 11.4 Å². The van der Waals surface area contributed by atoms with E-state index in [0.29, 0.717) is 11.4 Å². The molecule has 1 aliphatic heterocycles.